The lowest BCUT2D eigenvalue weighted by atomic mass is 10.1. The number of anilines is 1. The Morgan fingerprint density at radius 1 is 1.24 bits per heavy atom. The Bertz CT molecular complexity index is 823. The number of primary amides is 1. The van der Waals surface area contributed by atoms with Crippen LogP contribution in [0.1, 0.15) is 23.0 Å². The largest absolute Gasteiger partial charge is 0.456 e. The third kappa shape index (κ3) is 5.64. The summed E-state index contributed by atoms with van der Waals surface area (Å²) in [5, 5.41) is 7.00. The molecule has 1 aromatic heterocycles. The molecule has 1 amide bonds. The Balaban J connectivity index is 0.00000151. The molecule has 0 saturated heterocycles. The van der Waals surface area contributed by atoms with E-state index in [0.717, 1.165) is 12.7 Å². The van der Waals surface area contributed by atoms with Crippen LogP contribution in [0.3, 0.4) is 0 Å². The van der Waals surface area contributed by atoms with Crippen molar-refractivity contribution in [1.29, 1.82) is 0 Å². The van der Waals surface area contributed by atoms with Gasteiger partial charge < -0.3 is 21.3 Å². The van der Waals surface area contributed by atoms with Crippen LogP contribution in [-0.4, -0.2) is 35.7 Å². The van der Waals surface area contributed by atoms with Crippen molar-refractivity contribution in [2.45, 2.75) is 6.92 Å². The van der Waals surface area contributed by atoms with Crippen LogP contribution in [0, 0.1) is 11.8 Å². The number of aromatic nitrogens is 1. The van der Waals surface area contributed by atoms with E-state index < -0.39 is 11.9 Å². The number of nitrogens with zero attached hydrogens (tertiary/aromatic N) is 1. The van der Waals surface area contributed by atoms with Crippen LogP contribution in [0.15, 0.2) is 36.4 Å². The van der Waals surface area contributed by atoms with Crippen molar-refractivity contribution in [1.82, 2.24) is 4.98 Å². The van der Waals surface area contributed by atoms with E-state index in [9.17, 15) is 9.59 Å². The summed E-state index contributed by atoms with van der Waals surface area (Å²) in [4.78, 5) is 26.7. The van der Waals surface area contributed by atoms with Gasteiger partial charge in [0.25, 0.3) is 5.91 Å². The highest BCUT2D eigenvalue weighted by Crippen LogP contribution is 2.21. The molecule has 2 rings (SSSR count). The predicted octanol–water partition coefficient (Wildman–Crippen LogP) is 0.953. The molecule has 0 spiro atoms. The maximum atomic E-state index is 11.3. The highest BCUT2D eigenvalue weighted by Gasteiger charge is 2.10. The Labute approximate surface area is 145 Å². The average molecular weight is 341 g/mol. The quantitative estimate of drug-likeness (QED) is 0.563. The summed E-state index contributed by atoms with van der Waals surface area (Å²) in [6.07, 6.45) is 0. The van der Waals surface area contributed by atoms with Crippen molar-refractivity contribution in [2.24, 2.45) is 5.73 Å². The molecule has 1 heterocycles. The Morgan fingerprint density at radius 3 is 2.60 bits per heavy atom. The number of ether oxygens (including phenoxy) is 1. The smallest absolute Gasteiger partial charge is 0.384 e. The molecule has 2 aromatic rings. The van der Waals surface area contributed by atoms with E-state index in [2.05, 4.69) is 16.8 Å². The number of rotatable bonds is 3. The molecule has 1 aromatic carbocycles. The number of pyridine rings is 1. The van der Waals surface area contributed by atoms with E-state index in [-0.39, 0.29) is 18.0 Å². The Kier molecular flexibility index (Phi) is 7.63. The van der Waals surface area contributed by atoms with E-state index in [1.54, 1.807) is 43.3 Å². The Morgan fingerprint density at radius 2 is 1.96 bits per heavy atom. The van der Waals surface area contributed by atoms with Crippen LogP contribution in [0.4, 0.5) is 5.69 Å². The minimum Gasteiger partial charge on any atom is -0.456 e. The second kappa shape index (κ2) is 9.70. The fourth-order valence-corrected chi connectivity index (χ4v) is 1.87. The molecule has 0 fully saturated rings. The van der Waals surface area contributed by atoms with Crippen LogP contribution in [0.25, 0.3) is 11.3 Å². The zero-order valence-corrected chi connectivity index (χ0v) is 13.9. The number of aliphatic hydroxyl groups is 1. The average Bonchev–Trinajstić information content (AvgIpc) is 2.62. The number of aliphatic hydroxyl groups excluding tert-OH is 1. The summed E-state index contributed by atoms with van der Waals surface area (Å²) in [6, 6.07) is 10.3. The molecule has 7 nitrogen and oxygen atoms in total. The number of hydrogen-bond acceptors (Lipinski definition) is 6. The van der Waals surface area contributed by atoms with Crippen LogP contribution in [-0.2, 0) is 9.53 Å². The molecule has 0 aliphatic carbocycles. The van der Waals surface area contributed by atoms with Crippen molar-refractivity contribution < 1.29 is 19.4 Å². The van der Waals surface area contributed by atoms with Gasteiger partial charge in [0.1, 0.15) is 0 Å². The molecule has 0 unspecified atom stereocenters. The monoisotopic (exact) mass is 341 g/mol. The van der Waals surface area contributed by atoms with Crippen molar-refractivity contribution in [3.63, 3.8) is 0 Å². The van der Waals surface area contributed by atoms with Crippen LogP contribution in [0.5, 0.6) is 0 Å². The minimum absolute atomic E-state index is 0.0190. The van der Waals surface area contributed by atoms with E-state index in [1.807, 2.05) is 0 Å². The van der Waals surface area contributed by atoms with Gasteiger partial charge in [-0.1, -0.05) is 18.1 Å². The van der Waals surface area contributed by atoms with Crippen molar-refractivity contribution in [3.05, 3.63) is 47.7 Å². The lowest BCUT2D eigenvalue weighted by Gasteiger charge is -2.05. The van der Waals surface area contributed by atoms with Gasteiger partial charge in [0.15, 0.2) is 5.69 Å². The number of benzene rings is 1. The van der Waals surface area contributed by atoms with Gasteiger partial charge >= 0.3 is 5.97 Å². The summed E-state index contributed by atoms with van der Waals surface area (Å²) in [5.74, 6) is 3.84. The van der Waals surface area contributed by atoms with Gasteiger partial charge in [-0.15, -0.1) is 0 Å². The van der Waals surface area contributed by atoms with Gasteiger partial charge in [0.05, 0.1) is 18.0 Å². The topological polar surface area (TPSA) is 129 Å². The first-order valence-corrected chi connectivity index (χ1v) is 7.31. The summed E-state index contributed by atoms with van der Waals surface area (Å²) >= 11 is 0. The second-order valence-electron chi connectivity index (χ2n) is 4.55. The number of nitrogen functional groups attached to an aromatic ring is 1. The zero-order valence-electron chi connectivity index (χ0n) is 13.9. The molecule has 25 heavy (non-hydrogen) atoms. The molecule has 0 radical (unpaired) electrons. The first kappa shape index (κ1) is 19.7. The van der Waals surface area contributed by atoms with Crippen LogP contribution in [0.2, 0.25) is 0 Å². The van der Waals surface area contributed by atoms with E-state index >= 15 is 0 Å². The molecule has 0 saturated carbocycles. The molecule has 130 valence electrons. The van der Waals surface area contributed by atoms with Crippen molar-refractivity contribution in [3.8, 4) is 23.1 Å². The molecule has 7 heteroatoms. The van der Waals surface area contributed by atoms with Crippen LogP contribution < -0.4 is 11.5 Å². The number of amides is 1. The lowest BCUT2D eigenvalue weighted by molar-refractivity contribution is -0.136. The van der Waals surface area contributed by atoms with E-state index in [0.29, 0.717) is 11.3 Å². The second-order valence-corrected chi connectivity index (χ2v) is 4.55. The number of carbonyl (C=O) groups is 2. The third-order valence-electron chi connectivity index (χ3n) is 2.90. The van der Waals surface area contributed by atoms with Crippen molar-refractivity contribution >= 4 is 17.6 Å². The Hall–Kier alpha value is -3.37. The maximum Gasteiger partial charge on any atom is 0.384 e. The van der Waals surface area contributed by atoms with Gasteiger partial charge in [-0.05, 0) is 31.2 Å². The maximum absolute atomic E-state index is 11.3. The summed E-state index contributed by atoms with van der Waals surface area (Å²) in [5.41, 5.74) is 13.0. The fourth-order valence-electron chi connectivity index (χ4n) is 1.87. The zero-order chi connectivity index (χ0) is 18.8. The molecule has 0 aliphatic heterocycles. The fraction of sp³-hybridized carbons (Fsp3) is 0.167. The van der Waals surface area contributed by atoms with Gasteiger partial charge in [0, 0.05) is 24.2 Å². The van der Waals surface area contributed by atoms with Gasteiger partial charge in [-0.25, -0.2) is 9.78 Å². The summed E-state index contributed by atoms with van der Waals surface area (Å²) in [7, 11) is 1.00. The summed E-state index contributed by atoms with van der Waals surface area (Å²) in [6.45, 7) is 1.99. The SMILES string of the molecule is CCOC(=O)C#Cc1cccc(-c2ccc(N)c(C(N)=O)n2)c1.CO. The molecule has 0 aliphatic rings. The molecule has 5 N–H and O–H groups in total. The third-order valence-corrected chi connectivity index (χ3v) is 2.90. The lowest BCUT2D eigenvalue weighted by Crippen LogP contribution is -2.15. The predicted molar refractivity (Wildman–Crippen MR) is 94.3 cm³/mol. The van der Waals surface area contributed by atoms with Gasteiger partial charge in [-0.2, -0.15) is 0 Å². The number of carbonyl (C=O) groups excluding carboxylic acids is 2. The highest BCUT2D eigenvalue weighted by molar-refractivity contribution is 5.96. The number of hydrogen-bond donors (Lipinski definition) is 3. The van der Waals surface area contributed by atoms with Crippen LogP contribution >= 0.6 is 0 Å². The minimum atomic E-state index is -0.692. The first-order valence-electron chi connectivity index (χ1n) is 7.31. The van der Waals surface area contributed by atoms with Crippen molar-refractivity contribution in [2.75, 3.05) is 19.5 Å². The van der Waals surface area contributed by atoms with E-state index in [1.165, 1.54) is 0 Å². The van der Waals surface area contributed by atoms with Gasteiger partial charge in [0.2, 0.25) is 0 Å². The van der Waals surface area contributed by atoms with Gasteiger partial charge in [-0.3, -0.25) is 4.79 Å². The standard InChI is InChI=1S/C17H15N3O3.CH4O/c1-2-23-15(21)9-6-11-4-3-5-12(10-11)14-8-7-13(18)16(20-14)17(19)22;1-2/h3-5,7-8,10H,2,18H2,1H3,(H2,19,22);2H,1H3. The molecular weight excluding hydrogens is 322 g/mol. The summed E-state index contributed by atoms with van der Waals surface area (Å²) < 4.78 is 4.74. The highest BCUT2D eigenvalue weighted by atomic mass is 16.5. The normalized spacial score (nSPS) is 9.08. The number of nitrogens with two attached hydrogens (primary N) is 2. The number of esters is 1. The molecular formula is C18H19N3O4. The van der Waals surface area contributed by atoms with E-state index in [4.69, 9.17) is 21.3 Å². The first-order chi connectivity index (χ1) is 12.0. The molecule has 0 atom stereocenters. The molecule has 0 bridgehead atoms.